The molecule has 0 aromatic heterocycles. The van der Waals surface area contributed by atoms with Crippen molar-refractivity contribution in [2.45, 2.75) is 31.8 Å². The van der Waals surface area contributed by atoms with Crippen molar-refractivity contribution < 1.29 is 10.2 Å². The summed E-state index contributed by atoms with van der Waals surface area (Å²) in [5, 5.41) is 17.8. The zero-order valence-electron chi connectivity index (χ0n) is 7.58. The summed E-state index contributed by atoms with van der Waals surface area (Å²) in [5.74, 6) is 0. The van der Waals surface area contributed by atoms with Gasteiger partial charge in [0.25, 0.3) is 0 Å². The number of aliphatic hydroxyl groups excluding tert-OH is 2. The van der Waals surface area contributed by atoms with E-state index in [1.165, 1.54) is 0 Å². The smallest absolute Gasteiger partial charge is 0.0679 e. The molecule has 0 aromatic rings. The highest BCUT2D eigenvalue weighted by atomic mass is 16.3. The molecular formula is C9H19NO2. The Hall–Kier alpha value is -0.120. The molecule has 0 aromatic carbocycles. The van der Waals surface area contributed by atoms with Gasteiger partial charge in [-0.15, -0.1) is 0 Å². The highest BCUT2D eigenvalue weighted by molar-refractivity contribution is 4.73. The van der Waals surface area contributed by atoms with E-state index >= 15 is 0 Å². The van der Waals surface area contributed by atoms with E-state index < -0.39 is 0 Å². The summed E-state index contributed by atoms with van der Waals surface area (Å²) in [6, 6.07) is 0. The lowest BCUT2D eigenvalue weighted by Gasteiger charge is -2.13. The summed E-state index contributed by atoms with van der Waals surface area (Å²) in [7, 11) is 0. The maximum absolute atomic E-state index is 9.22. The number of rotatable bonds is 5. The Morgan fingerprint density at radius 2 is 2.08 bits per heavy atom. The minimum atomic E-state index is -0.0946. The first-order chi connectivity index (χ1) is 5.83. The zero-order chi connectivity index (χ0) is 8.81. The van der Waals surface area contributed by atoms with Gasteiger partial charge in [-0.3, -0.25) is 0 Å². The standard InChI is InChI=1S/C9H19NO2/c11-7-3-1-2-5-10-6-4-9(12)8-10/h9,11-12H,1-8H2/t9-/m0/s1. The van der Waals surface area contributed by atoms with E-state index in [4.69, 9.17) is 5.11 Å². The summed E-state index contributed by atoms with van der Waals surface area (Å²) in [6.45, 7) is 3.28. The van der Waals surface area contributed by atoms with Gasteiger partial charge < -0.3 is 15.1 Å². The second-order valence-electron chi connectivity index (χ2n) is 3.53. The van der Waals surface area contributed by atoms with Gasteiger partial charge in [-0.25, -0.2) is 0 Å². The maximum atomic E-state index is 9.22. The molecule has 1 aliphatic heterocycles. The van der Waals surface area contributed by atoms with Gasteiger partial charge in [0, 0.05) is 19.7 Å². The number of hydrogen-bond acceptors (Lipinski definition) is 3. The Balaban J connectivity index is 1.93. The maximum Gasteiger partial charge on any atom is 0.0679 e. The number of hydrogen-bond donors (Lipinski definition) is 2. The van der Waals surface area contributed by atoms with Crippen LogP contribution in [0, 0.1) is 0 Å². The van der Waals surface area contributed by atoms with E-state index in [1.54, 1.807) is 0 Å². The van der Waals surface area contributed by atoms with E-state index in [2.05, 4.69) is 4.90 Å². The van der Waals surface area contributed by atoms with Gasteiger partial charge in [-0.1, -0.05) is 0 Å². The Kier molecular flexibility index (Phi) is 4.58. The largest absolute Gasteiger partial charge is 0.396 e. The van der Waals surface area contributed by atoms with Crippen LogP contribution >= 0.6 is 0 Å². The van der Waals surface area contributed by atoms with Crippen LogP contribution in [0.2, 0.25) is 0 Å². The molecule has 72 valence electrons. The molecule has 1 rings (SSSR count). The fourth-order valence-corrected chi connectivity index (χ4v) is 1.64. The fourth-order valence-electron chi connectivity index (χ4n) is 1.64. The first-order valence-electron chi connectivity index (χ1n) is 4.84. The summed E-state index contributed by atoms with van der Waals surface area (Å²) < 4.78 is 0. The van der Waals surface area contributed by atoms with E-state index in [1.807, 2.05) is 0 Å². The van der Waals surface area contributed by atoms with Crippen LogP contribution in [0.5, 0.6) is 0 Å². The number of nitrogens with zero attached hydrogens (tertiary/aromatic N) is 1. The minimum absolute atomic E-state index is 0.0946. The second-order valence-corrected chi connectivity index (χ2v) is 3.53. The van der Waals surface area contributed by atoms with E-state index in [-0.39, 0.29) is 6.10 Å². The third kappa shape index (κ3) is 3.52. The molecule has 2 N–H and O–H groups in total. The molecule has 1 aliphatic rings. The molecule has 0 amide bonds. The summed E-state index contributed by atoms with van der Waals surface area (Å²) in [5.41, 5.74) is 0. The van der Waals surface area contributed by atoms with Gasteiger partial charge >= 0.3 is 0 Å². The quantitative estimate of drug-likeness (QED) is 0.584. The van der Waals surface area contributed by atoms with Crippen molar-refractivity contribution >= 4 is 0 Å². The average molecular weight is 173 g/mol. The van der Waals surface area contributed by atoms with Crippen molar-refractivity contribution in [3.05, 3.63) is 0 Å². The highest BCUT2D eigenvalue weighted by Gasteiger charge is 2.18. The van der Waals surface area contributed by atoms with Gasteiger partial charge in [0.2, 0.25) is 0 Å². The van der Waals surface area contributed by atoms with Crippen LogP contribution in [0.25, 0.3) is 0 Å². The molecule has 12 heavy (non-hydrogen) atoms. The monoisotopic (exact) mass is 173 g/mol. The van der Waals surface area contributed by atoms with E-state index in [0.717, 1.165) is 45.3 Å². The van der Waals surface area contributed by atoms with Crippen LogP contribution in [-0.4, -0.2) is 47.5 Å². The Labute approximate surface area is 74.0 Å². The molecule has 0 saturated carbocycles. The number of aliphatic hydroxyl groups is 2. The van der Waals surface area contributed by atoms with Crippen molar-refractivity contribution in [1.82, 2.24) is 4.90 Å². The van der Waals surface area contributed by atoms with Gasteiger partial charge in [-0.2, -0.15) is 0 Å². The molecule has 1 heterocycles. The molecule has 0 bridgehead atoms. The number of unbranched alkanes of at least 4 members (excludes halogenated alkanes) is 2. The topological polar surface area (TPSA) is 43.7 Å². The third-order valence-corrected chi connectivity index (χ3v) is 2.38. The Morgan fingerprint density at radius 3 is 2.67 bits per heavy atom. The fraction of sp³-hybridized carbons (Fsp3) is 1.00. The zero-order valence-corrected chi connectivity index (χ0v) is 7.58. The lowest BCUT2D eigenvalue weighted by atomic mass is 10.2. The normalized spacial score (nSPS) is 25.0. The van der Waals surface area contributed by atoms with Crippen LogP contribution in [-0.2, 0) is 0 Å². The number of likely N-dealkylation sites (tertiary alicyclic amines) is 1. The molecule has 0 unspecified atom stereocenters. The van der Waals surface area contributed by atoms with Crippen LogP contribution in [0.4, 0.5) is 0 Å². The van der Waals surface area contributed by atoms with Crippen molar-refractivity contribution in [2.75, 3.05) is 26.2 Å². The van der Waals surface area contributed by atoms with Gasteiger partial charge in [0.05, 0.1) is 6.10 Å². The van der Waals surface area contributed by atoms with E-state index in [9.17, 15) is 5.11 Å². The summed E-state index contributed by atoms with van der Waals surface area (Å²) in [4.78, 5) is 2.29. The van der Waals surface area contributed by atoms with Gasteiger partial charge in [-0.05, 0) is 32.2 Å². The molecule has 3 heteroatoms. The number of β-amino-alcohol motifs (C(OH)–C–C–N with tert-alkyl or cyclic N) is 1. The van der Waals surface area contributed by atoms with Crippen LogP contribution in [0.3, 0.4) is 0 Å². The predicted molar refractivity (Wildman–Crippen MR) is 48.0 cm³/mol. The Morgan fingerprint density at radius 1 is 1.25 bits per heavy atom. The molecule has 0 spiro atoms. The molecule has 0 aliphatic carbocycles. The minimum Gasteiger partial charge on any atom is -0.396 e. The second kappa shape index (κ2) is 5.51. The first-order valence-corrected chi connectivity index (χ1v) is 4.84. The molecule has 1 atom stereocenters. The average Bonchev–Trinajstić information content (AvgIpc) is 2.45. The summed E-state index contributed by atoms with van der Waals surface area (Å²) in [6.07, 6.45) is 4.00. The molecule has 1 fully saturated rings. The lowest BCUT2D eigenvalue weighted by molar-refractivity contribution is 0.175. The first kappa shape index (κ1) is 9.96. The van der Waals surface area contributed by atoms with Gasteiger partial charge in [0.15, 0.2) is 0 Å². The van der Waals surface area contributed by atoms with Crippen LogP contribution in [0.15, 0.2) is 0 Å². The van der Waals surface area contributed by atoms with Crippen molar-refractivity contribution in [1.29, 1.82) is 0 Å². The summed E-state index contributed by atoms with van der Waals surface area (Å²) >= 11 is 0. The molecule has 3 nitrogen and oxygen atoms in total. The van der Waals surface area contributed by atoms with Crippen molar-refractivity contribution in [3.63, 3.8) is 0 Å². The third-order valence-electron chi connectivity index (χ3n) is 2.38. The van der Waals surface area contributed by atoms with Crippen LogP contribution < -0.4 is 0 Å². The molecule has 0 radical (unpaired) electrons. The lowest BCUT2D eigenvalue weighted by Crippen LogP contribution is -2.23. The molecule has 1 saturated heterocycles. The van der Waals surface area contributed by atoms with Crippen molar-refractivity contribution in [3.8, 4) is 0 Å². The SMILES string of the molecule is OCCCCCN1CC[C@H](O)C1. The predicted octanol–water partition coefficient (Wildman–Crippen LogP) is 0.216. The molecular weight excluding hydrogens is 154 g/mol. The van der Waals surface area contributed by atoms with Crippen molar-refractivity contribution in [2.24, 2.45) is 0 Å². The van der Waals surface area contributed by atoms with Crippen LogP contribution in [0.1, 0.15) is 25.7 Å². The highest BCUT2D eigenvalue weighted by Crippen LogP contribution is 2.09. The Bertz CT molecular complexity index is 119. The van der Waals surface area contributed by atoms with E-state index in [0.29, 0.717) is 6.61 Å². The van der Waals surface area contributed by atoms with Gasteiger partial charge in [0.1, 0.15) is 0 Å².